The molecule has 106 valence electrons. The lowest BCUT2D eigenvalue weighted by atomic mass is 9.94. The Balaban J connectivity index is 1.65. The van der Waals surface area contributed by atoms with Crippen molar-refractivity contribution >= 4 is 22.5 Å². The summed E-state index contributed by atoms with van der Waals surface area (Å²) >= 11 is 6.20. The fraction of sp³-hybridized carbons (Fsp3) is 0.471. The molecule has 2 aromatic rings. The van der Waals surface area contributed by atoms with Crippen LogP contribution in [0, 0.1) is 5.92 Å². The minimum atomic E-state index is 0.309. The van der Waals surface area contributed by atoms with Crippen molar-refractivity contribution in [3.05, 3.63) is 42.1 Å². The van der Waals surface area contributed by atoms with Crippen molar-refractivity contribution in [1.29, 1.82) is 0 Å². The summed E-state index contributed by atoms with van der Waals surface area (Å²) in [5, 5.41) is 1.54. The first-order valence-corrected chi connectivity index (χ1v) is 7.86. The van der Waals surface area contributed by atoms with Gasteiger partial charge in [-0.05, 0) is 62.5 Å². The molecule has 0 spiro atoms. The summed E-state index contributed by atoms with van der Waals surface area (Å²) in [6.07, 6.45) is 4.29. The average Bonchev–Trinajstić information content (AvgIpc) is 2.48. The third-order valence-electron chi connectivity index (χ3n) is 4.36. The van der Waals surface area contributed by atoms with Crippen molar-refractivity contribution in [3.63, 3.8) is 0 Å². The molecule has 0 bridgehead atoms. The van der Waals surface area contributed by atoms with Crippen LogP contribution >= 0.6 is 11.6 Å². The van der Waals surface area contributed by atoms with E-state index in [0.717, 1.165) is 25.2 Å². The SMILES string of the molecule is CC(Cl)C1CCN(Cc2ccc3ncccc3c2)CC1. The van der Waals surface area contributed by atoms with E-state index < -0.39 is 0 Å². The van der Waals surface area contributed by atoms with Crippen LogP contribution in [0.4, 0.5) is 0 Å². The Morgan fingerprint density at radius 2 is 2.10 bits per heavy atom. The van der Waals surface area contributed by atoms with Gasteiger partial charge < -0.3 is 0 Å². The van der Waals surface area contributed by atoms with Gasteiger partial charge >= 0.3 is 0 Å². The molecule has 0 aliphatic carbocycles. The van der Waals surface area contributed by atoms with E-state index in [1.807, 2.05) is 12.3 Å². The largest absolute Gasteiger partial charge is 0.299 e. The van der Waals surface area contributed by atoms with Crippen LogP contribution in [-0.2, 0) is 6.54 Å². The van der Waals surface area contributed by atoms with Gasteiger partial charge in [0, 0.05) is 23.5 Å². The Hall–Kier alpha value is -1.12. The highest BCUT2D eigenvalue weighted by molar-refractivity contribution is 6.20. The molecule has 0 radical (unpaired) electrons. The molecule has 1 aromatic carbocycles. The van der Waals surface area contributed by atoms with E-state index in [2.05, 4.69) is 41.1 Å². The highest BCUT2D eigenvalue weighted by Crippen LogP contribution is 2.25. The van der Waals surface area contributed by atoms with Gasteiger partial charge in [-0.1, -0.05) is 12.1 Å². The Labute approximate surface area is 125 Å². The van der Waals surface area contributed by atoms with Crippen LogP contribution in [0.15, 0.2) is 36.5 Å². The van der Waals surface area contributed by atoms with Crippen molar-refractivity contribution in [2.75, 3.05) is 13.1 Å². The van der Waals surface area contributed by atoms with Gasteiger partial charge in [0.05, 0.1) is 5.52 Å². The summed E-state index contributed by atoms with van der Waals surface area (Å²) in [7, 11) is 0. The van der Waals surface area contributed by atoms with Crippen LogP contribution in [0.5, 0.6) is 0 Å². The first kappa shape index (κ1) is 13.8. The van der Waals surface area contributed by atoms with Crippen LogP contribution in [0.25, 0.3) is 10.9 Å². The molecule has 1 saturated heterocycles. The van der Waals surface area contributed by atoms with Gasteiger partial charge in [-0.15, -0.1) is 11.6 Å². The number of alkyl halides is 1. The van der Waals surface area contributed by atoms with Gasteiger partial charge in [-0.2, -0.15) is 0 Å². The maximum absolute atomic E-state index is 6.20. The van der Waals surface area contributed by atoms with Gasteiger partial charge in [0.25, 0.3) is 0 Å². The lowest BCUT2D eigenvalue weighted by molar-refractivity contribution is 0.176. The Kier molecular flexibility index (Phi) is 4.23. The molecule has 2 nitrogen and oxygen atoms in total. The van der Waals surface area contributed by atoms with E-state index in [1.54, 1.807) is 0 Å². The zero-order chi connectivity index (χ0) is 13.9. The molecule has 3 rings (SSSR count). The van der Waals surface area contributed by atoms with Gasteiger partial charge in [-0.25, -0.2) is 0 Å². The van der Waals surface area contributed by atoms with Crippen LogP contribution in [0.3, 0.4) is 0 Å². The minimum Gasteiger partial charge on any atom is -0.299 e. The van der Waals surface area contributed by atoms with Crippen LogP contribution in [-0.4, -0.2) is 28.4 Å². The molecule has 1 unspecified atom stereocenters. The second-order valence-electron chi connectivity index (χ2n) is 5.82. The molecule has 1 atom stereocenters. The number of likely N-dealkylation sites (tertiary alicyclic amines) is 1. The summed E-state index contributed by atoms with van der Waals surface area (Å²) in [4.78, 5) is 6.91. The number of piperidine rings is 1. The van der Waals surface area contributed by atoms with Crippen LogP contribution in [0.1, 0.15) is 25.3 Å². The summed E-state index contributed by atoms with van der Waals surface area (Å²) in [6, 6.07) is 10.7. The van der Waals surface area contributed by atoms with Gasteiger partial charge in [-0.3, -0.25) is 9.88 Å². The van der Waals surface area contributed by atoms with Gasteiger partial charge in [0.1, 0.15) is 0 Å². The summed E-state index contributed by atoms with van der Waals surface area (Å²) < 4.78 is 0. The number of pyridine rings is 1. The van der Waals surface area contributed by atoms with Crippen LogP contribution in [0.2, 0.25) is 0 Å². The summed E-state index contributed by atoms with van der Waals surface area (Å²) in [6.45, 7) is 5.48. The number of halogens is 1. The summed E-state index contributed by atoms with van der Waals surface area (Å²) in [5.41, 5.74) is 2.45. The van der Waals surface area contributed by atoms with Gasteiger partial charge in [0.15, 0.2) is 0 Å². The molecule has 1 fully saturated rings. The highest BCUT2D eigenvalue weighted by atomic mass is 35.5. The zero-order valence-corrected chi connectivity index (χ0v) is 12.7. The number of benzene rings is 1. The topological polar surface area (TPSA) is 16.1 Å². The maximum Gasteiger partial charge on any atom is 0.0702 e. The minimum absolute atomic E-state index is 0.309. The first-order valence-electron chi connectivity index (χ1n) is 7.42. The average molecular weight is 289 g/mol. The fourth-order valence-corrected chi connectivity index (χ4v) is 3.30. The molecule has 2 heterocycles. The molecule has 0 saturated carbocycles. The smallest absolute Gasteiger partial charge is 0.0702 e. The Morgan fingerprint density at radius 1 is 1.30 bits per heavy atom. The standard InChI is InChI=1S/C17H21ClN2/c1-13(18)15-6-9-20(10-7-15)12-14-4-5-17-16(11-14)3-2-8-19-17/h2-5,8,11,13,15H,6-7,9-10,12H2,1H3. The molecular formula is C17H21ClN2. The van der Waals surface area contributed by atoms with E-state index in [9.17, 15) is 0 Å². The molecule has 0 N–H and O–H groups in total. The molecule has 1 aromatic heterocycles. The normalized spacial score (nSPS) is 19.3. The lowest BCUT2D eigenvalue weighted by Gasteiger charge is -2.33. The number of nitrogens with zero attached hydrogens (tertiary/aromatic N) is 2. The second-order valence-corrected chi connectivity index (χ2v) is 6.51. The molecule has 1 aliphatic heterocycles. The third kappa shape index (κ3) is 3.13. The number of hydrogen-bond donors (Lipinski definition) is 0. The first-order chi connectivity index (χ1) is 9.72. The Bertz CT molecular complexity index is 574. The lowest BCUT2D eigenvalue weighted by Crippen LogP contribution is -2.35. The Morgan fingerprint density at radius 3 is 2.85 bits per heavy atom. The third-order valence-corrected chi connectivity index (χ3v) is 4.71. The van der Waals surface area contributed by atoms with E-state index in [-0.39, 0.29) is 0 Å². The van der Waals surface area contributed by atoms with Crippen molar-refractivity contribution < 1.29 is 0 Å². The van der Waals surface area contributed by atoms with Crippen molar-refractivity contribution in [3.8, 4) is 0 Å². The molecule has 3 heteroatoms. The maximum atomic E-state index is 6.20. The number of fused-ring (bicyclic) bond motifs is 1. The molecule has 1 aliphatic rings. The summed E-state index contributed by atoms with van der Waals surface area (Å²) in [5.74, 6) is 0.689. The monoisotopic (exact) mass is 288 g/mol. The van der Waals surface area contributed by atoms with Crippen molar-refractivity contribution in [2.45, 2.75) is 31.7 Å². The van der Waals surface area contributed by atoms with E-state index >= 15 is 0 Å². The van der Waals surface area contributed by atoms with Crippen LogP contribution < -0.4 is 0 Å². The molecule has 20 heavy (non-hydrogen) atoms. The van der Waals surface area contributed by atoms with E-state index in [4.69, 9.17) is 11.6 Å². The highest BCUT2D eigenvalue weighted by Gasteiger charge is 2.22. The predicted molar refractivity (Wildman–Crippen MR) is 85.1 cm³/mol. The van der Waals surface area contributed by atoms with E-state index in [1.165, 1.54) is 23.8 Å². The number of rotatable bonds is 3. The quantitative estimate of drug-likeness (QED) is 0.791. The van der Waals surface area contributed by atoms with E-state index in [0.29, 0.717) is 11.3 Å². The number of aromatic nitrogens is 1. The fourth-order valence-electron chi connectivity index (χ4n) is 3.05. The number of hydrogen-bond acceptors (Lipinski definition) is 2. The van der Waals surface area contributed by atoms with Crippen molar-refractivity contribution in [1.82, 2.24) is 9.88 Å². The predicted octanol–water partition coefficient (Wildman–Crippen LogP) is 4.07. The molecular weight excluding hydrogens is 268 g/mol. The molecule has 0 amide bonds. The second kappa shape index (κ2) is 6.11. The zero-order valence-electron chi connectivity index (χ0n) is 11.9. The van der Waals surface area contributed by atoms with Crippen molar-refractivity contribution in [2.24, 2.45) is 5.92 Å². The van der Waals surface area contributed by atoms with Gasteiger partial charge in [0.2, 0.25) is 0 Å².